The van der Waals surface area contributed by atoms with Gasteiger partial charge in [-0.15, -0.1) is 0 Å². The third kappa shape index (κ3) is 4.95. The molecule has 0 aliphatic rings. The molecule has 30 heavy (non-hydrogen) atoms. The molecule has 0 radical (unpaired) electrons. The predicted octanol–water partition coefficient (Wildman–Crippen LogP) is 5.55. The Bertz CT molecular complexity index is 1010. The standard InChI is InChI=1S/C26H31NO3/c1-16-6-7-24(28)21(10-16)13-27(14-22-11-17(2)8-19(4)25(22)29)15-23-12-18(3)9-20(5)26(23)30/h6-12,28-30H,13-15H2,1-5H3. The van der Waals surface area contributed by atoms with Crippen LogP contribution in [0.4, 0.5) is 0 Å². The van der Waals surface area contributed by atoms with Gasteiger partial charge in [-0.2, -0.15) is 0 Å². The van der Waals surface area contributed by atoms with Gasteiger partial charge in [0, 0.05) is 36.3 Å². The molecule has 3 aromatic carbocycles. The number of aryl methyl sites for hydroxylation is 5. The SMILES string of the molecule is Cc1ccc(O)c(CN(Cc2cc(C)cc(C)c2O)Cc2cc(C)cc(C)c2O)c1. The number of aromatic hydroxyl groups is 3. The predicted molar refractivity (Wildman–Crippen MR) is 121 cm³/mol. The zero-order valence-corrected chi connectivity index (χ0v) is 18.5. The second-order valence-corrected chi connectivity index (χ2v) is 8.46. The molecular weight excluding hydrogens is 374 g/mol. The van der Waals surface area contributed by atoms with Crippen LogP contribution in [0.5, 0.6) is 17.2 Å². The van der Waals surface area contributed by atoms with Gasteiger partial charge >= 0.3 is 0 Å². The van der Waals surface area contributed by atoms with Crippen LogP contribution in [-0.4, -0.2) is 20.2 Å². The van der Waals surface area contributed by atoms with E-state index >= 15 is 0 Å². The van der Waals surface area contributed by atoms with Gasteiger partial charge in [-0.25, -0.2) is 0 Å². The van der Waals surface area contributed by atoms with E-state index in [1.165, 1.54) is 0 Å². The average Bonchev–Trinajstić information content (AvgIpc) is 2.66. The van der Waals surface area contributed by atoms with Gasteiger partial charge in [0.05, 0.1) is 0 Å². The molecule has 0 heterocycles. The van der Waals surface area contributed by atoms with Crippen molar-refractivity contribution in [3.8, 4) is 17.2 Å². The minimum absolute atomic E-state index is 0.250. The highest BCUT2D eigenvalue weighted by atomic mass is 16.3. The number of phenols is 3. The molecule has 4 nitrogen and oxygen atoms in total. The van der Waals surface area contributed by atoms with Crippen molar-refractivity contribution >= 4 is 0 Å². The Balaban J connectivity index is 1.99. The second kappa shape index (κ2) is 8.80. The molecule has 3 rings (SSSR count). The maximum absolute atomic E-state index is 10.6. The third-order valence-electron chi connectivity index (χ3n) is 5.46. The molecule has 0 saturated heterocycles. The molecule has 0 saturated carbocycles. The molecule has 4 heteroatoms. The van der Waals surface area contributed by atoms with E-state index in [4.69, 9.17) is 0 Å². The van der Waals surface area contributed by atoms with Gasteiger partial charge in [-0.1, -0.05) is 53.1 Å². The van der Waals surface area contributed by atoms with E-state index in [2.05, 4.69) is 4.90 Å². The van der Waals surface area contributed by atoms with Crippen molar-refractivity contribution in [2.24, 2.45) is 0 Å². The molecule has 3 aromatic rings. The molecule has 0 spiro atoms. The van der Waals surface area contributed by atoms with Gasteiger partial charge in [0.1, 0.15) is 17.2 Å². The van der Waals surface area contributed by atoms with E-state index in [-0.39, 0.29) is 5.75 Å². The monoisotopic (exact) mass is 405 g/mol. The van der Waals surface area contributed by atoms with Gasteiger partial charge < -0.3 is 15.3 Å². The quantitative estimate of drug-likeness (QED) is 0.503. The lowest BCUT2D eigenvalue weighted by molar-refractivity contribution is 0.237. The lowest BCUT2D eigenvalue weighted by Gasteiger charge is -2.25. The summed E-state index contributed by atoms with van der Waals surface area (Å²) in [6, 6.07) is 13.5. The number of benzene rings is 3. The molecule has 0 fully saturated rings. The maximum atomic E-state index is 10.6. The van der Waals surface area contributed by atoms with Crippen LogP contribution in [0.25, 0.3) is 0 Å². The Kier molecular flexibility index (Phi) is 6.37. The fourth-order valence-corrected chi connectivity index (χ4v) is 4.07. The van der Waals surface area contributed by atoms with Crippen molar-refractivity contribution in [3.63, 3.8) is 0 Å². The summed E-state index contributed by atoms with van der Waals surface area (Å²) in [7, 11) is 0. The first-order valence-electron chi connectivity index (χ1n) is 10.2. The van der Waals surface area contributed by atoms with Crippen molar-refractivity contribution in [1.82, 2.24) is 4.90 Å². The fourth-order valence-electron chi connectivity index (χ4n) is 4.07. The fraction of sp³-hybridized carbons (Fsp3) is 0.308. The smallest absolute Gasteiger partial charge is 0.122 e. The van der Waals surface area contributed by atoms with Gasteiger partial charge in [0.15, 0.2) is 0 Å². The minimum Gasteiger partial charge on any atom is -0.508 e. The van der Waals surface area contributed by atoms with E-state index in [9.17, 15) is 15.3 Å². The minimum atomic E-state index is 0.250. The summed E-state index contributed by atoms with van der Waals surface area (Å²) in [4.78, 5) is 2.14. The lowest BCUT2D eigenvalue weighted by atomic mass is 10.0. The molecule has 158 valence electrons. The van der Waals surface area contributed by atoms with Crippen LogP contribution >= 0.6 is 0 Å². The van der Waals surface area contributed by atoms with E-state index in [0.717, 1.165) is 44.5 Å². The summed E-state index contributed by atoms with van der Waals surface area (Å²) in [6.07, 6.45) is 0. The first-order chi connectivity index (χ1) is 14.1. The van der Waals surface area contributed by atoms with E-state index in [1.54, 1.807) is 6.07 Å². The summed E-state index contributed by atoms with van der Waals surface area (Å²) in [5.74, 6) is 0.840. The molecule has 0 atom stereocenters. The largest absolute Gasteiger partial charge is 0.508 e. The van der Waals surface area contributed by atoms with Crippen LogP contribution in [0, 0.1) is 34.6 Å². The summed E-state index contributed by atoms with van der Waals surface area (Å²) in [5, 5.41) is 31.6. The molecule has 0 amide bonds. The summed E-state index contributed by atoms with van der Waals surface area (Å²) in [5.41, 5.74) is 7.44. The van der Waals surface area contributed by atoms with Crippen LogP contribution in [-0.2, 0) is 19.6 Å². The molecule has 0 aromatic heterocycles. The Morgan fingerprint density at radius 1 is 0.567 bits per heavy atom. The van der Waals surface area contributed by atoms with Crippen molar-refractivity contribution in [2.75, 3.05) is 0 Å². The topological polar surface area (TPSA) is 63.9 Å². The molecule has 3 N–H and O–H groups in total. The first-order valence-corrected chi connectivity index (χ1v) is 10.2. The highest BCUT2D eigenvalue weighted by Crippen LogP contribution is 2.30. The Morgan fingerprint density at radius 3 is 1.50 bits per heavy atom. The van der Waals surface area contributed by atoms with Gasteiger partial charge in [-0.3, -0.25) is 4.90 Å². The number of phenolic OH excluding ortho intramolecular Hbond substituents is 3. The van der Waals surface area contributed by atoms with Crippen LogP contribution in [0.15, 0.2) is 42.5 Å². The Hall–Kier alpha value is -2.98. The van der Waals surface area contributed by atoms with Gasteiger partial charge in [0.2, 0.25) is 0 Å². The lowest BCUT2D eigenvalue weighted by Crippen LogP contribution is -2.23. The van der Waals surface area contributed by atoms with E-state index in [0.29, 0.717) is 31.1 Å². The van der Waals surface area contributed by atoms with Crippen molar-refractivity contribution in [3.05, 3.63) is 87.0 Å². The highest BCUT2D eigenvalue weighted by molar-refractivity contribution is 5.44. The third-order valence-corrected chi connectivity index (χ3v) is 5.46. The summed E-state index contributed by atoms with van der Waals surface area (Å²) in [6.45, 7) is 11.3. The molecule has 0 aliphatic carbocycles. The number of hydrogen-bond acceptors (Lipinski definition) is 4. The Labute approximate surface area is 179 Å². The molecular formula is C26H31NO3. The first kappa shape index (κ1) is 21.7. The average molecular weight is 406 g/mol. The zero-order chi connectivity index (χ0) is 22.0. The van der Waals surface area contributed by atoms with Crippen LogP contribution < -0.4 is 0 Å². The normalized spacial score (nSPS) is 11.3. The Morgan fingerprint density at radius 2 is 1.00 bits per heavy atom. The highest BCUT2D eigenvalue weighted by Gasteiger charge is 2.17. The molecule has 0 aliphatic heterocycles. The van der Waals surface area contributed by atoms with E-state index < -0.39 is 0 Å². The summed E-state index contributed by atoms with van der Waals surface area (Å²) < 4.78 is 0. The van der Waals surface area contributed by atoms with E-state index in [1.807, 2.05) is 71.0 Å². The number of rotatable bonds is 6. The number of hydrogen-bond donors (Lipinski definition) is 3. The van der Waals surface area contributed by atoms with Crippen molar-refractivity contribution < 1.29 is 15.3 Å². The molecule has 0 bridgehead atoms. The van der Waals surface area contributed by atoms with Gasteiger partial charge in [-0.05, 0) is 51.8 Å². The van der Waals surface area contributed by atoms with Crippen LogP contribution in [0.3, 0.4) is 0 Å². The zero-order valence-electron chi connectivity index (χ0n) is 18.5. The maximum Gasteiger partial charge on any atom is 0.122 e. The summed E-state index contributed by atoms with van der Waals surface area (Å²) >= 11 is 0. The molecule has 0 unspecified atom stereocenters. The van der Waals surface area contributed by atoms with Crippen LogP contribution in [0.2, 0.25) is 0 Å². The second-order valence-electron chi connectivity index (χ2n) is 8.46. The van der Waals surface area contributed by atoms with Crippen molar-refractivity contribution in [2.45, 2.75) is 54.3 Å². The van der Waals surface area contributed by atoms with Crippen molar-refractivity contribution in [1.29, 1.82) is 0 Å². The number of nitrogens with zero attached hydrogens (tertiary/aromatic N) is 1. The van der Waals surface area contributed by atoms with Gasteiger partial charge in [0.25, 0.3) is 0 Å². The van der Waals surface area contributed by atoms with Crippen LogP contribution in [0.1, 0.15) is 44.5 Å².